The minimum absolute atomic E-state index is 0.214. The van der Waals surface area contributed by atoms with Crippen LogP contribution in [0.4, 0.5) is 0 Å². The monoisotopic (exact) mass is 286 g/mol. The molecule has 0 amide bonds. The normalized spacial score (nSPS) is 29.2. The maximum atomic E-state index is 3.75. The van der Waals surface area contributed by atoms with Crippen molar-refractivity contribution < 1.29 is 0 Å². The van der Waals surface area contributed by atoms with Crippen LogP contribution < -0.4 is 5.32 Å². The highest BCUT2D eigenvalue weighted by molar-refractivity contribution is 5.22. The van der Waals surface area contributed by atoms with Crippen LogP contribution in [0.15, 0.2) is 30.3 Å². The van der Waals surface area contributed by atoms with Gasteiger partial charge in [-0.2, -0.15) is 0 Å². The van der Waals surface area contributed by atoms with E-state index < -0.39 is 0 Å². The van der Waals surface area contributed by atoms with Gasteiger partial charge in [0.15, 0.2) is 0 Å². The van der Waals surface area contributed by atoms with E-state index >= 15 is 0 Å². The molecular formula is C19H30N2. The van der Waals surface area contributed by atoms with Crippen LogP contribution in [0.2, 0.25) is 0 Å². The molecule has 1 saturated heterocycles. The number of benzene rings is 1. The molecule has 0 bridgehead atoms. The third-order valence-corrected chi connectivity index (χ3v) is 5.52. The van der Waals surface area contributed by atoms with Crippen LogP contribution in [0, 0.1) is 0 Å². The average molecular weight is 286 g/mol. The zero-order valence-corrected chi connectivity index (χ0v) is 13.9. The molecule has 116 valence electrons. The van der Waals surface area contributed by atoms with Crippen LogP contribution in [-0.4, -0.2) is 29.1 Å². The first-order valence-electron chi connectivity index (χ1n) is 8.57. The maximum absolute atomic E-state index is 3.75. The smallest absolute Gasteiger partial charge is 0.0479 e. The number of rotatable bonds is 2. The largest absolute Gasteiger partial charge is 0.309 e. The summed E-state index contributed by atoms with van der Waals surface area (Å²) in [6.45, 7) is 9.39. The van der Waals surface area contributed by atoms with Crippen LogP contribution in [0.3, 0.4) is 0 Å². The van der Waals surface area contributed by atoms with Gasteiger partial charge in [-0.15, -0.1) is 0 Å². The molecule has 0 radical (unpaired) electrons. The Balaban J connectivity index is 1.90. The molecule has 2 nitrogen and oxygen atoms in total. The van der Waals surface area contributed by atoms with Gasteiger partial charge in [0, 0.05) is 30.2 Å². The summed E-state index contributed by atoms with van der Waals surface area (Å²) in [5.41, 5.74) is 2.05. The molecule has 3 rings (SSSR count). The summed E-state index contributed by atoms with van der Waals surface area (Å²) < 4.78 is 0. The molecule has 2 aliphatic rings. The second kappa shape index (κ2) is 5.73. The number of hydrogen-bond acceptors (Lipinski definition) is 2. The van der Waals surface area contributed by atoms with Crippen molar-refractivity contribution in [3.05, 3.63) is 35.9 Å². The fourth-order valence-electron chi connectivity index (χ4n) is 4.22. The average Bonchev–Trinajstić information content (AvgIpc) is 2.48. The third-order valence-electron chi connectivity index (χ3n) is 5.52. The minimum atomic E-state index is 0.214. The first-order valence-corrected chi connectivity index (χ1v) is 8.57. The molecule has 21 heavy (non-hydrogen) atoms. The highest BCUT2D eigenvalue weighted by atomic mass is 15.3. The number of nitrogens with one attached hydrogen (secondary N) is 1. The number of nitrogens with zero attached hydrogens (tertiary/aromatic N) is 1. The van der Waals surface area contributed by atoms with E-state index in [1.54, 1.807) is 0 Å². The van der Waals surface area contributed by atoms with Gasteiger partial charge >= 0.3 is 0 Å². The van der Waals surface area contributed by atoms with E-state index in [4.69, 9.17) is 0 Å². The lowest BCUT2D eigenvalue weighted by Crippen LogP contribution is -2.64. The first-order chi connectivity index (χ1) is 10.0. The Hall–Kier alpha value is -0.860. The molecule has 2 heteroatoms. The quantitative estimate of drug-likeness (QED) is 0.879. The molecule has 0 spiro atoms. The predicted octanol–water partition coefficient (Wildman–Crippen LogP) is 4.13. The van der Waals surface area contributed by atoms with Gasteiger partial charge in [-0.3, -0.25) is 4.90 Å². The zero-order chi connectivity index (χ0) is 14.9. The molecule has 1 N–H and O–H groups in total. The predicted molar refractivity (Wildman–Crippen MR) is 89.5 cm³/mol. The molecule has 1 heterocycles. The highest BCUT2D eigenvalue weighted by Crippen LogP contribution is 2.40. The summed E-state index contributed by atoms with van der Waals surface area (Å²) in [6.07, 6.45) is 6.91. The molecule has 1 aromatic carbocycles. The lowest BCUT2D eigenvalue weighted by molar-refractivity contribution is -0.0211. The Morgan fingerprint density at radius 3 is 2.33 bits per heavy atom. The summed E-state index contributed by atoms with van der Waals surface area (Å²) in [5.74, 6) is 0. The van der Waals surface area contributed by atoms with Crippen molar-refractivity contribution in [3.8, 4) is 0 Å². The fraction of sp³-hybridized carbons (Fsp3) is 0.684. The lowest BCUT2D eigenvalue weighted by Gasteiger charge is -2.54. The Morgan fingerprint density at radius 1 is 1.00 bits per heavy atom. The summed E-state index contributed by atoms with van der Waals surface area (Å²) in [7, 11) is 0. The van der Waals surface area contributed by atoms with Gasteiger partial charge in [0.2, 0.25) is 0 Å². The van der Waals surface area contributed by atoms with Gasteiger partial charge < -0.3 is 5.32 Å². The standard InChI is InChI=1S/C19H30N2/c1-18(2)15-21(19(3)12-8-5-9-13-19)17(14-20-18)16-10-6-4-7-11-16/h4,6-7,10-11,17,20H,5,8-9,12-15H2,1-3H3. The summed E-state index contributed by atoms with van der Waals surface area (Å²) in [5, 5.41) is 3.75. The van der Waals surface area contributed by atoms with Crippen LogP contribution in [0.5, 0.6) is 0 Å². The molecule has 0 aromatic heterocycles. The summed E-state index contributed by atoms with van der Waals surface area (Å²) in [4.78, 5) is 2.82. The van der Waals surface area contributed by atoms with Gasteiger partial charge in [-0.1, -0.05) is 49.6 Å². The van der Waals surface area contributed by atoms with E-state index in [1.165, 1.54) is 37.7 Å². The zero-order valence-electron chi connectivity index (χ0n) is 13.9. The van der Waals surface area contributed by atoms with E-state index in [0.717, 1.165) is 13.1 Å². The Morgan fingerprint density at radius 2 is 1.67 bits per heavy atom. The van der Waals surface area contributed by atoms with Crippen molar-refractivity contribution in [1.82, 2.24) is 10.2 Å². The van der Waals surface area contributed by atoms with Crippen molar-refractivity contribution in [3.63, 3.8) is 0 Å². The van der Waals surface area contributed by atoms with Crippen LogP contribution in [-0.2, 0) is 0 Å². The SMILES string of the molecule is CC1(C)CN(C2(C)CCCCC2)C(c2ccccc2)CN1. The molecule has 2 fully saturated rings. The minimum Gasteiger partial charge on any atom is -0.309 e. The molecule has 1 atom stereocenters. The van der Waals surface area contributed by atoms with Gasteiger partial charge in [0.1, 0.15) is 0 Å². The maximum Gasteiger partial charge on any atom is 0.0479 e. The van der Waals surface area contributed by atoms with E-state index in [0.29, 0.717) is 11.6 Å². The van der Waals surface area contributed by atoms with Crippen molar-refractivity contribution in [2.75, 3.05) is 13.1 Å². The van der Waals surface area contributed by atoms with E-state index in [9.17, 15) is 0 Å². The second-order valence-corrected chi connectivity index (χ2v) is 7.88. The van der Waals surface area contributed by atoms with Gasteiger partial charge in [-0.05, 0) is 39.2 Å². The molecule has 1 unspecified atom stereocenters. The van der Waals surface area contributed by atoms with E-state index in [-0.39, 0.29) is 5.54 Å². The van der Waals surface area contributed by atoms with Crippen molar-refractivity contribution >= 4 is 0 Å². The molecule has 1 aliphatic heterocycles. The van der Waals surface area contributed by atoms with Gasteiger partial charge in [0.05, 0.1) is 0 Å². The van der Waals surface area contributed by atoms with E-state index in [2.05, 4.69) is 61.3 Å². The van der Waals surface area contributed by atoms with Crippen molar-refractivity contribution in [2.24, 2.45) is 0 Å². The topological polar surface area (TPSA) is 15.3 Å². The Kier molecular flexibility index (Phi) is 4.11. The van der Waals surface area contributed by atoms with Crippen molar-refractivity contribution in [1.29, 1.82) is 0 Å². The Bertz CT molecular complexity index is 460. The second-order valence-electron chi connectivity index (χ2n) is 7.88. The van der Waals surface area contributed by atoms with E-state index in [1.807, 2.05) is 0 Å². The molecular weight excluding hydrogens is 256 g/mol. The molecule has 1 saturated carbocycles. The van der Waals surface area contributed by atoms with Crippen LogP contribution in [0.25, 0.3) is 0 Å². The van der Waals surface area contributed by atoms with Crippen molar-refractivity contribution in [2.45, 2.75) is 70.0 Å². The van der Waals surface area contributed by atoms with Crippen LogP contribution >= 0.6 is 0 Å². The fourth-order valence-corrected chi connectivity index (χ4v) is 4.22. The third kappa shape index (κ3) is 3.17. The lowest BCUT2D eigenvalue weighted by atomic mass is 9.78. The molecule has 1 aliphatic carbocycles. The number of piperazine rings is 1. The number of hydrogen-bond donors (Lipinski definition) is 1. The van der Waals surface area contributed by atoms with Gasteiger partial charge in [0.25, 0.3) is 0 Å². The summed E-state index contributed by atoms with van der Waals surface area (Å²) >= 11 is 0. The first kappa shape index (κ1) is 15.1. The summed E-state index contributed by atoms with van der Waals surface area (Å²) in [6, 6.07) is 11.6. The highest BCUT2D eigenvalue weighted by Gasteiger charge is 2.43. The van der Waals surface area contributed by atoms with Crippen LogP contribution in [0.1, 0.15) is 64.5 Å². The molecule has 1 aromatic rings. The van der Waals surface area contributed by atoms with Gasteiger partial charge in [-0.25, -0.2) is 0 Å². The Labute approximate surface area is 129 Å².